The van der Waals surface area contributed by atoms with E-state index in [1.54, 1.807) is 6.07 Å². The fourth-order valence-corrected chi connectivity index (χ4v) is 3.24. The van der Waals surface area contributed by atoms with E-state index < -0.39 is 35.6 Å². The van der Waals surface area contributed by atoms with E-state index in [1.165, 1.54) is 6.07 Å². The zero-order chi connectivity index (χ0) is 22.1. The number of hydrogen-bond acceptors (Lipinski definition) is 9. The Morgan fingerprint density at radius 2 is 1.74 bits per heavy atom. The summed E-state index contributed by atoms with van der Waals surface area (Å²) in [6.07, 6.45) is 0. The maximum Gasteiger partial charge on any atom is 0.361 e. The second-order valence-corrected chi connectivity index (χ2v) is 6.50. The summed E-state index contributed by atoms with van der Waals surface area (Å²) in [5, 5.41) is 9.58. The molecule has 0 saturated heterocycles. The number of Topliss-reactive ketones (excluding diaryl/α,β-unsaturated/α-hetero) is 1. The quantitative estimate of drug-likeness (QED) is 0.205. The Bertz CT molecular complexity index is 1420. The minimum atomic E-state index is -0.935. The van der Waals surface area contributed by atoms with E-state index in [1.807, 2.05) is 30.3 Å². The third-order valence-corrected chi connectivity index (χ3v) is 4.73. The lowest BCUT2D eigenvalue weighted by atomic mass is 10.0. The van der Waals surface area contributed by atoms with Crippen molar-refractivity contribution in [2.75, 3.05) is 14.2 Å². The van der Waals surface area contributed by atoms with Gasteiger partial charge >= 0.3 is 17.6 Å². The van der Waals surface area contributed by atoms with Crippen LogP contribution in [0, 0.1) is 0 Å². The summed E-state index contributed by atoms with van der Waals surface area (Å²) in [5.74, 6) is -2.54. The van der Waals surface area contributed by atoms with Gasteiger partial charge in [0.1, 0.15) is 17.7 Å². The van der Waals surface area contributed by atoms with Gasteiger partial charge in [-0.2, -0.15) is 0 Å². The number of fused-ring (bicyclic) bond motifs is 3. The van der Waals surface area contributed by atoms with Crippen molar-refractivity contribution >= 4 is 39.5 Å². The van der Waals surface area contributed by atoms with Gasteiger partial charge in [0.25, 0.3) is 0 Å². The van der Waals surface area contributed by atoms with Gasteiger partial charge in [-0.05, 0) is 22.9 Å². The Hall–Kier alpha value is -4.34. The second-order valence-electron chi connectivity index (χ2n) is 6.50. The molecule has 2 aromatic carbocycles. The molecule has 0 unspecified atom stereocenters. The zero-order valence-electron chi connectivity index (χ0n) is 16.4. The van der Waals surface area contributed by atoms with Crippen molar-refractivity contribution in [3.8, 4) is 0 Å². The predicted molar refractivity (Wildman–Crippen MR) is 107 cm³/mol. The van der Waals surface area contributed by atoms with Gasteiger partial charge in [0.05, 0.1) is 14.2 Å². The lowest BCUT2D eigenvalue weighted by Gasteiger charge is -2.07. The van der Waals surface area contributed by atoms with Crippen LogP contribution in [-0.4, -0.2) is 46.9 Å². The van der Waals surface area contributed by atoms with Gasteiger partial charge in [0.2, 0.25) is 5.69 Å². The van der Waals surface area contributed by atoms with E-state index in [9.17, 15) is 19.2 Å². The Kier molecular flexibility index (Phi) is 5.04. The van der Waals surface area contributed by atoms with E-state index in [0.29, 0.717) is 11.0 Å². The molecule has 4 rings (SSSR count). The van der Waals surface area contributed by atoms with E-state index >= 15 is 0 Å². The first-order chi connectivity index (χ1) is 14.9. The number of aromatic nitrogens is 3. The molecular weight excluding hydrogens is 406 g/mol. The molecule has 0 spiro atoms. The number of carbonyl (C=O) groups excluding carboxylic acids is 3. The van der Waals surface area contributed by atoms with Crippen LogP contribution in [0.4, 0.5) is 0 Å². The van der Waals surface area contributed by atoms with Crippen molar-refractivity contribution in [2.45, 2.75) is 6.54 Å². The van der Waals surface area contributed by atoms with Crippen molar-refractivity contribution < 1.29 is 28.3 Å². The molecule has 0 atom stereocenters. The van der Waals surface area contributed by atoms with Crippen LogP contribution in [0.15, 0.2) is 51.7 Å². The maximum absolute atomic E-state index is 12.9. The largest absolute Gasteiger partial charge is 0.464 e. The molecule has 4 aromatic rings. The van der Waals surface area contributed by atoms with Gasteiger partial charge in [0, 0.05) is 5.39 Å². The molecule has 0 N–H and O–H groups in total. The van der Waals surface area contributed by atoms with Crippen molar-refractivity contribution in [1.82, 2.24) is 15.0 Å². The Labute approximate surface area is 174 Å². The van der Waals surface area contributed by atoms with Crippen molar-refractivity contribution in [2.24, 2.45) is 0 Å². The standard InChI is InChI=1S/C21H15N3O7/c1-29-20(27)17-18(21(28)30-2)24(23-22-17)10-15(25)14-9-13-12-6-4-3-5-11(12)7-8-16(13)31-19(14)26/h3-9H,10H2,1-2H3. The highest BCUT2D eigenvalue weighted by Gasteiger charge is 2.28. The number of hydrogen-bond donors (Lipinski definition) is 0. The summed E-state index contributed by atoms with van der Waals surface area (Å²) in [4.78, 5) is 49.3. The van der Waals surface area contributed by atoms with Gasteiger partial charge in [-0.15, -0.1) is 5.10 Å². The zero-order valence-corrected chi connectivity index (χ0v) is 16.4. The summed E-state index contributed by atoms with van der Waals surface area (Å²) in [5.41, 5.74) is -1.49. The first-order valence-corrected chi connectivity index (χ1v) is 9.03. The van der Waals surface area contributed by atoms with E-state index in [2.05, 4.69) is 19.8 Å². The number of methoxy groups -OCH3 is 2. The van der Waals surface area contributed by atoms with Crippen LogP contribution in [0.2, 0.25) is 0 Å². The topological polar surface area (TPSA) is 131 Å². The maximum atomic E-state index is 12.9. The highest BCUT2D eigenvalue weighted by atomic mass is 16.5. The smallest absolute Gasteiger partial charge is 0.361 e. The summed E-state index contributed by atoms with van der Waals surface area (Å²) >= 11 is 0. The molecule has 31 heavy (non-hydrogen) atoms. The lowest BCUT2D eigenvalue weighted by Crippen LogP contribution is -2.23. The molecule has 2 heterocycles. The minimum Gasteiger partial charge on any atom is -0.464 e. The first-order valence-electron chi connectivity index (χ1n) is 9.03. The highest BCUT2D eigenvalue weighted by molar-refractivity contribution is 6.08. The number of carbonyl (C=O) groups is 3. The Morgan fingerprint density at radius 3 is 2.48 bits per heavy atom. The van der Waals surface area contributed by atoms with E-state index in [4.69, 9.17) is 4.42 Å². The van der Waals surface area contributed by atoms with Gasteiger partial charge in [0.15, 0.2) is 11.5 Å². The van der Waals surface area contributed by atoms with Crippen molar-refractivity contribution in [1.29, 1.82) is 0 Å². The summed E-state index contributed by atoms with van der Waals surface area (Å²) < 4.78 is 15.4. The second kappa shape index (κ2) is 7.82. The Balaban J connectivity index is 1.79. The fourth-order valence-electron chi connectivity index (χ4n) is 3.24. The molecule has 0 amide bonds. The number of rotatable bonds is 5. The summed E-state index contributed by atoms with van der Waals surface area (Å²) in [6, 6.07) is 12.4. The van der Waals surface area contributed by atoms with Crippen LogP contribution in [0.5, 0.6) is 0 Å². The highest BCUT2D eigenvalue weighted by Crippen LogP contribution is 2.25. The van der Waals surface area contributed by atoms with Crippen LogP contribution in [0.1, 0.15) is 31.3 Å². The lowest BCUT2D eigenvalue weighted by molar-refractivity contribution is 0.0543. The average Bonchev–Trinajstić information content (AvgIpc) is 3.20. The molecule has 10 nitrogen and oxygen atoms in total. The van der Waals surface area contributed by atoms with Gasteiger partial charge in [-0.1, -0.05) is 35.5 Å². The van der Waals surface area contributed by atoms with Crippen LogP contribution in [-0.2, 0) is 16.0 Å². The van der Waals surface area contributed by atoms with Crippen LogP contribution >= 0.6 is 0 Å². The third-order valence-electron chi connectivity index (χ3n) is 4.73. The van der Waals surface area contributed by atoms with Gasteiger partial charge in [-0.3, -0.25) is 4.79 Å². The van der Waals surface area contributed by atoms with Crippen molar-refractivity contribution in [3.05, 3.63) is 69.8 Å². The molecule has 0 fully saturated rings. The molecule has 10 heteroatoms. The molecule has 2 aromatic heterocycles. The van der Waals surface area contributed by atoms with E-state index in [-0.39, 0.29) is 11.3 Å². The third kappa shape index (κ3) is 3.44. The molecule has 0 aliphatic rings. The summed E-state index contributed by atoms with van der Waals surface area (Å²) in [6.45, 7) is -0.546. The number of nitrogens with zero attached hydrogens (tertiary/aromatic N) is 3. The average molecular weight is 421 g/mol. The molecule has 0 aliphatic heterocycles. The minimum absolute atomic E-state index is 0.227. The SMILES string of the molecule is COC(=O)c1nnn(CC(=O)c2cc3c(ccc4ccccc43)oc2=O)c1C(=O)OC. The number of benzene rings is 2. The van der Waals surface area contributed by atoms with E-state index in [0.717, 1.165) is 29.7 Å². The molecule has 0 radical (unpaired) electrons. The molecule has 0 saturated carbocycles. The number of esters is 2. The van der Waals surface area contributed by atoms with Crippen LogP contribution in [0.3, 0.4) is 0 Å². The van der Waals surface area contributed by atoms with Crippen LogP contribution < -0.4 is 5.63 Å². The monoisotopic (exact) mass is 421 g/mol. The number of ketones is 1. The van der Waals surface area contributed by atoms with Gasteiger partial charge < -0.3 is 13.9 Å². The van der Waals surface area contributed by atoms with Crippen molar-refractivity contribution in [3.63, 3.8) is 0 Å². The molecule has 0 aliphatic carbocycles. The molecular formula is C21H15N3O7. The first kappa shape index (κ1) is 20.0. The predicted octanol–water partition coefficient (Wildman–Crippen LogP) is 1.99. The molecule has 156 valence electrons. The normalized spacial score (nSPS) is 10.9. The number of ether oxygens (including phenoxy) is 2. The summed E-state index contributed by atoms with van der Waals surface area (Å²) in [7, 11) is 2.21. The molecule has 0 bridgehead atoms. The Morgan fingerprint density at radius 1 is 1.00 bits per heavy atom. The fraction of sp³-hybridized carbons (Fsp3) is 0.143. The van der Waals surface area contributed by atoms with Crippen LogP contribution in [0.25, 0.3) is 21.7 Å². The van der Waals surface area contributed by atoms with Gasteiger partial charge in [-0.25, -0.2) is 19.1 Å².